The summed E-state index contributed by atoms with van der Waals surface area (Å²) in [5, 5.41) is 1.04. The maximum Gasteiger partial charge on any atom is 0.276 e. The quantitative estimate of drug-likeness (QED) is 0.442. The van der Waals surface area contributed by atoms with E-state index in [0.717, 1.165) is 6.08 Å². The molecule has 1 unspecified atom stereocenters. The maximum absolute atomic E-state index is 10.9. The summed E-state index contributed by atoms with van der Waals surface area (Å²) < 4.78 is 29.7. The highest BCUT2D eigenvalue weighted by Crippen LogP contribution is 1.99. The van der Waals surface area contributed by atoms with Gasteiger partial charge >= 0.3 is 0 Å². The third-order valence-corrected chi connectivity index (χ3v) is 2.39. The van der Waals surface area contributed by atoms with Crippen LogP contribution in [-0.2, 0) is 14.9 Å². The van der Waals surface area contributed by atoms with E-state index >= 15 is 0 Å². The molecule has 70 valence electrons. The summed E-state index contributed by atoms with van der Waals surface area (Å²) in [6, 6.07) is 0. The van der Waals surface area contributed by atoms with Crippen molar-refractivity contribution in [1.29, 1.82) is 0 Å². The summed E-state index contributed by atoms with van der Waals surface area (Å²) in [4.78, 5) is 10.9. The van der Waals surface area contributed by atoms with Crippen molar-refractivity contribution in [2.75, 3.05) is 13.6 Å². The van der Waals surface area contributed by atoms with Gasteiger partial charge in [0.1, 0.15) is 0 Å². The van der Waals surface area contributed by atoms with Crippen molar-refractivity contribution in [3.05, 3.63) is 12.7 Å². The first-order chi connectivity index (χ1) is 5.43. The lowest BCUT2D eigenvalue weighted by Crippen LogP contribution is -2.37. The van der Waals surface area contributed by atoms with Crippen LogP contribution >= 0.6 is 0 Å². The minimum atomic E-state index is -4.32. The van der Waals surface area contributed by atoms with Crippen LogP contribution in [0.15, 0.2) is 12.7 Å². The summed E-state index contributed by atoms with van der Waals surface area (Å²) in [5.74, 6) is -0.716. The summed E-state index contributed by atoms with van der Waals surface area (Å²) >= 11 is 0. The van der Waals surface area contributed by atoms with E-state index in [-0.39, 0.29) is 6.54 Å². The van der Waals surface area contributed by atoms with Crippen LogP contribution in [0.2, 0.25) is 0 Å². The van der Waals surface area contributed by atoms with Gasteiger partial charge in [0.25, 0.3) is 10.1 Å². The molecular formula is C6H11NO4S. The van der Waals surface area contributed by atoms with Crippen LogP contribution in [0.1, 0.15) is 0 Å². The number of hydrogen-bond acceptors (Lipinski definition) is 4. The van der Waals surface area contributed by atoms with Crippen LogP contribution < -0.4 is 5.32 Å². The Morgan fingerprint density at radius 3 is 2.50 bits per heavy atom. The summed E-state index contributed by atoms with van der Waals surface area (Å²) in [5.41, 5.74) is 0. The molecule has 5 nitrogen and oxygen atoms in total. The first-order valence-corrected chi connectivity index (χ1v) is 4.71. The molecule has 12 heavy (non-hydrogen) atoms. The molecule has 0 amide bonds. The van der Waals surface area contributed by atoms with Crippen LogP contribution in [-0.4, -0.2) is 37.6 Å². The van der Waals surface area contributed by atoms with E-state index in [1.807, 2.05) is 0 Å². The van der Waals surface area contributed by atoms with Crippen LogP contribution in [0, 0.1) is 0 Å². The Labute approximate surface area is 71.2 Å². The second kappa shape index (κ2) is 4.34. The SMILES string of the molecule is C=CC(=O)C(CNC)S(=O)(=O)O. The van der Waals surface area contributed by atoms with E-state index in [0.29, 0.717) is 0 Å². The number of rotatable bonds is 5. The van der Waals surface area contributed by atoms with E-state index in [9.17, 15) is 13.2 Å². The van der Waals surface area contributed by atoms with Crippen LogP contribution in [0.3, 0.4) is 0 Å². The van der Waals surface area contributed by atoms with Crippen LogP contribution in [0.25, 0.3) is 0 Å². The molecule has 0 aliphatic heterocycles. The topological polar surface area (TPSA) is 83.5 Å². The Morgan fingerprint density at radius 2 is 2.25 bits per heavy atom. The molecule has 0 rings (SSSR count). The Hall–Kier alpha value is -0.720. The first kappa shape index (κ1) is 11.3. The molecule has 0 saturated carbocycles. The Balaban J connectivity index is 4.67. The largest absolute Gasteiger partial charge is 0.318 e. The third-order valence-electron chi connectivity index (χ3n) is 1.27. The van der Waals surface area contributed by atoms with Crippen LogP contribution in [0.5, 0.6) is 0 Å². The molecule has 0 aromatic rings. The number of nitrogens with one attached hydrogen (secondary N) is 1. The molecule has 0 aromatic carbocycles. The van der Waals surface area contributed by atoms with Crippen LogP contribution in [0.4, 0.5) is 0 Å². The van der Waals surface area contributed by atoms with E-state index < -0.39 is 21.2 Å². The molecular weight excluding hydrogens is 182 g/mol. The average molecular weight is 193 g/mol. The first-order valence-electron chi connectivity index (χ1n) is 3.20. The van der Waals surface area contributed by atoms with Gasteiger partial charge in [-0.25, -0.2) is 0 Å². The standard InChI is InChI=1S/C6H11NO4S/c1-3-5(8)6(4-7-2)12(9,10)11/h3,6-7H,1,4H2,2H3,(H,9,10,11). The summed E-state index contributed by atoms with van der Waals surface area (Å²) in [6.07, 6.45) is 0.871. The zero-order chi connectivity index (χ0) is 9.78. The number of allylic oxidation sites excluding steroid dienone is 1. The zero-order valence-electron chi connectivity index (χ0n) is 6.65. The van der Waals surface area contributed by atoms with Gasteiger partial charge in [-0.2, -0.15) is 8.42 Å². The highest BCUT2D eigenvalue weighted by molar-refractivity contribution is 7.87. The normalized spacial score (nSPS) is 13.8. The lowest BCUT2D eigenvalue weighted by atomic mass is 10.3. The molecule has 0 radical (unpaired) electrons. The van der Waals surface area contributed by atoms with E-state index in [4.69, 9.17) is 4.55 Å². The molecule has 6 heteroatoms. The minimum Gasteiger partial charge on any atom is -0.318 e. The lowest BCUT2D eigenvalue weighted by molar-refractivity contribution is -0.114. The average Bonchev–Trinajstić information content (AvgIpc) is 1.96. The van der Waals surface area contributed by atoms with Gasteiger partial charge in [-0.15, -0.1) is 0 Å². The van der Waals surface area contributed by atoms with Crippen molar-refractivity contribution < 1.29 is 17.8 Å². The minimum absolute atomic E-state index is 0.121. The van der Waals surface area contributed by atoms with Gasteiger partial charge in [-0.1, -0.05) is 6.58 Å². The Kier molecular flexibility index (Phi) is 4.08. The molecule has 0 aliphatic carbocycles. The second-order valence-electron chi connectivity index (χ2n) is 2.17. The van der Waals surface area contributed by atoms with Gasteiger partial charge in [-0.05, 0) is 13.1 Å². The monoisotopic (exact) mass is 193 g/mol. The van der Waals surface area contributed by atoms with Crippen molar-refractivity contribution in [3.63, 3.8) is 0 Å². The maximum atomic E-state index is 10.9. The number of ketones is 1. The summed E-state index contributed by atoms with van der Waals surface area (Å²) in [7, 11) is -2.84. The molecule has 0 aliphatic rings. The molecule has 0 spiro atoms. The Bertz CT molecular complexity index is 269. The van der Waals surface area contributed by atoms with E-state index in [2.05, 4.69) is 11.9 Å². The number of carbonyl (C=O) groups excluding carboxylic acids is 1. The molecule has 0 bridgehead atoms. The van der Waals surface area contributed by atoms with Crippen molar-refractivity contribution in [2.45, 2.75) is 5.25 Å². The number of carbonyl (C=O) groups is 1. The second-order valence-corrected chi connectivity index (χ2v) is 3.77. The van der Waals surface area contributed by atoms with Crippen molar-refractivity contribution >= 4 is 15.9 Å². The third kappa shape index (κ3) is 3.12. The highest BCUT2D eigenvalue weighted by atomic mass is 32.2. The lowest BCUT2D eigenvalue weighted by Gasteiger charge is -2.08. The fourth-order valence-electron chi connectivity index (χ4n) is 0.670. The van der Waals surface area contributed by atoms with Crippen molar-refractivity contribution in [1.82, 2.24) is 5.32 Å². The molecule has 0 saturated heterocycles. The zero-order valence-corrected chi connectivity index (χ0v) is 7.47. The molecule has 0 fully saturated rings. The van der Waals surface area contributed by atoms with Gasteiger partial charge in [0.05, 0.1) is 0 Å². The predicted octanol–water partition coefficient (Wildman–Crippen LogP) is -0.783. The molecule has 0 aromatic heterocycles. The molecule has 0 heterocycles. The van der Waals surface area contributed by atoms with Gasteiger partial charge in [0.15, 0.2) is 11.0 Å². The van der Waals surface area contributed by atoms with Gasteiger partial charge in [0, 0.05) is 6.54 Å². The van der Waals surface area contributed by atoms with E-state index in [1.165, 1.54) is 7.05 Å². The van der Waals surface area contributed by atoms with E-state index in [1.54, 1.807) is 0 Å². The highest BCUT2D eigenvalue weighted by Gasteiger charge is 2.27. The van der Waals surface area contributed by atoms with Crippen molar-refractivity contribution in [3.8, 4) is 0 Å². The fraction of sp³-hybridized carbons (Fsp3) is 0.500. The smallest absolute Gasteiger partial charge is 0.276 e. The molecule has 1 atom stereocenters. The van der Waals surface area contributed by atoms with Gasteiger partial charge < -0.3 is 5.32 Å². The summed E-state index contributed by atoms with van der Waals surface area (Å²) in [6.45, 7) is 3.00. The Morgan fingerprint density at radius 1 is 1.75 bits per heavy atom. The van der Waals surface area contributed by atoms with Gasteiger partial charge in [0.2, 0.25) is 0 Å². The van der Waals surface area contributed by atoms with Crippen molar-refractivity contribution in [2.24, 2.45) is 0 Å². The molecule has 2 N–H and O–H groups in total. The number of hydrogen-bond donors (Lipinski definition) is 2. The fourth-order valence-corrected chi connectivity index (χ4v) is 1.44. The predicted molar refractivity (Wildman–Crippen MR) is 44.5 cm³/mol. The van der Waals surface area contributed by atoms with Gasteiger partial charge in [-0.3, -0.25) is 9.35 Å².